The van der Waals surface area contributed by atoms with E-state index in [0.717, 1.165) is 18.5 Å². The van der Waals surface area contributed by atoms with E-state index in [0.29, 0.717) is 11.2 Å². The van der Waals surface area contributed by atoms with Crippen molar-refractivity contribution in [3.05, 3.63) is 40.8 Å². The third-order valence-corrected chi connectivity index (χ3v) is 4.39. The summed E-state index contributed by atoms with van der Waals surface area (Å²) in [5, 5.41) is 9.19. The predicted molar refractivity (Wildman–Crippen MR) is 86.6 cm³/mol. The highest BCUT2D eigenvalue weighted by molar-refractivity contribution is 6.35. The number of aromatic nitrogens is 7. The minimum atomic E-state index is 0.100. The molecule has 0 bridgehead atoms. The lowest BCUT2D eigenvalue weighted by atomic mass is 10.2. The second-order valence-electron chi connectivity index (χ2n) is 5.37. The smallest absolute Gasteiger partial charge is 0.225 e. The van der Waals surface area contributed by atoms with Gasteiger partial charge in [-0.05, 0) is 24.4 Å². The lowest BCUT2D eigenvalue weighted by molar-refractivity contribution is 0.422. The molecule has 0 amide bonds. The summed E-state index contributed by atoms with van der Waals surface area (Å²) in [6.07, 6.45) is 9.42. The van der Waals surface area contributed by atoms with E-state index in [-0.39, 0.29) is 22.5 Å². The molecule has 3 aromatic rings. The van der Waals surface area contributed by atoms with E-state index in [1.807, 2.05) is 4.57 Å². The molecule has 3 aromatic heterocycles. The largest absolute Gasteiger partial charge is 0.308 e. The zero-order chi connectivity index (χ0) is 16.0. The Labute approximate surface area is 142 Å². The van der Waals surface area contributed by atoms with Crippen molar-refractivity contribution >= 4 is 34.4 Å². The Morgan fingerprint density at radius 2 is 2.04 bits per heavy atom. The van der Waals surface area contributed by atoms with Crippen LogP contribution in [-0.2, 0) is 6.42 Å². The Kier molecular flexibility index (Phi) is 3.54. The van der Waals surface area contributed by atoms with Crippen molar-refractivity contribution in [2.45, 2.75) is 31.8 Å². The van der Waals surface area contributed by atoms with E-state index in [9.17, 15) is 0 Å². The van der Waals surface area contributed by atoms with E-state index in [2.05, 4.69) is 44.2 Å². The number of imidazole rings is 1. The van der Waals surface area contributed by atoms with Crippen molar-refractivity contribution in [1.82, 2.24) is 34.5 Å². The van der Waals surface area contributed by atoms with Crippen LogP contribution in [0, 0.1) is 0 Å². The molecule has 1 aliphatic carbocycles. The maximum Gasteiger partial charge on any atom is 0.225 e. The first-order valence-corrected chi connectivity index (χ1v) is 8.06. The molecule has 0 unspecified atom stereocenters. The Morgan fingerprint density at radius 3 is 2.83 bits per heavy atom. The van der Waals surface area contributed by atoms with Gasteiger partial charge in [0.05, 0.1) is 30.3 Å². The normalized spacial score (nSPS) is 20.7. The summed E-state index contributed by atoms with van der Waals surface area (Å²) >= 11 is 12.0. The van der Waals surface area contributed by atoms with Crippen LogP contribution in [0.25, 0.3) is 11.2 Å². The average molecular weight is 350 g/mol. The predicted octanol–water partition coefficient (Wildman–Crippen LogP) is 3.03. The van der Waals surface area contributed by atoms with Crippen LogP contribution in [0.4, 0.5) is 0 Å². The van der Waals surface area contributed by atoms with Crippen LogP contribution in [-0.4, -0.2) is 34.5 Å². The third-order valence-electron chi connectivity index (χ3n) is 3.96. The van der Waals surface area contributed by atoms with Crippen LogP contribution in [0.3, 0.4) is 0 Å². The molecule has 3 heterocycles. The Balaban J connectivity index is 1.64. The second-order valence-corrected chi connectivity index (χ2v) is 6.07. The van der Waals surface area contributed by atoms with Gasteiger partial charge in [0.2, 0.25) is 5.28 Å². The molecule has 9 heteroatoms. The van der Waals surface area contributed by atoms with Gasteiger partial charge in [0.15, 0.2) is 10.8 Å². The van der Waals surface area contributed by atoms with Crippen molar-refractivity contribution in [2.75, 3.05) is 0 Å². The number of hydrogen-bond donors (Lipinski definition) is 0. The topological polar surface area (TPSA) is 74.3 Å². The number of halogens is 2. The molecule has 0 aromatic carbocycles. The molecule has 0 N–H and O–H groups in total. The minimum absolute atomic E-state index is 0.100. The first kappa shape index (κ1) is 14.6. The van der Waals surface area contributed by atoms with Gasteiger partial charge in [-0.25, -0.2) is 9.97 Å². The number of fused-ring (bicyclic) bond motifs is 1. The van der Waals surface area contributed by atoms with Gasteiger partial charge in [-0.3, -0.25) is 0 Å². The van der Waals surface area contributed by atoms with Crippen molar-refractivity contribution in [1.29, 1.82) is 0 Å². The van der Waals surface area contributed by atoms with Gasteiger partial charge in [-0.2, -0.15) is 20.0 Å². The highest BCUT2D eigenvalue weighted by Gasteiger charge is 2.25. The number of rotatable bonds is 3. The van der Waals surface area contributed by atoms with E-state index < -0.39 is 0 Å². The molecule has 7 nitrogen and oxygen atoms in total. The summed E-state index contributed by atoms with van der Waals surface area (Å²) in [6.45, 7) is 2.06. The van der Waals surface area contributed by atoms with Crippen LogP contribution in [0.2, 0.25) is 10.4 Å². The Hall–Kier alpha value is -1.99. The lowest BCUT2D eigenvalue weighted by Crippen LogP contribution is -2.12. The van der Waals surface area contributed by atoms with Crippen LogP contribution in [0.5, 0.6) is 0 Å². The van der Waals surface area contributed by atoms with Crippen LogP contribution in [0.15, 0.2) is 24.7 Å². The maximum absolute atomic E-state index is 6.07. The van der Waals surface area contributed by atoms with Gasteiger partial charge in [-0.1, -0.05) is 30.7 Å². The summed E-state index contributed by atoms with van der Waals surface area (Å²) < 4.78 is 1.95. The van der Waals surface area contributed by atoms with Gasteiger partial charge in [0.25, 0.3) is 0 Å². The van der Waals surface area contributed by atoms with Crippen LogP contribution < -0.4 is 0 Å². The van der Waals surface area contributed by atoms with Gasteiger partial charge in [0, 0.05) is 0 Å². The zero-order valence-corrected chi connectivity index (χ0v) is 13.8. The molecule has 4 rings (SSSR count). The molecular weight excluding hydrogens is 337 g/mol. The van der Waals surface area contributed by atoms with E-state index in [4.69, 9.17) is 23.2 Å². The van der Waals surface area contributed by atoms with Gasteiger partial charge >= 0.3 is 0 Å². The first-order chi connectivity index (χ1) is 11.2. The van der Waals surface area contributed by atoms with Gasteiger partial charge in [0.1, 0.15) is 5.52 Å². The van der Waals surface area contributed by atoms with E-state index in [1.54, 1.807) is 17.3 Å². The number of aryl methyl sites for hydroxylation is 1. The summed E-state index contributed by atoms with van der Waals surface area (Å²) in [5.41, 5.74) is 2.17. The molecule has 0 fully saturated rings. The average Bonchev–Trinajstić information content (AvgIpc) is 3.25. The fourth-order valence-electron chi connectivity index (χ4n) is 2.77. The van der Waals surface area contributed by atoms with E-state index >= 15 is 0 Å². The minimum Gasteiger partial charge on any atom is -0.308 e. The summed E-state index contributed by atoms with van der Waals surface area (Å²) in [7, 11) is 0. The van der Waals surface area contributed by atoms with Crippen molar-refractivity contribution < 1.29 is 0 Å². The Bertz CT molecular complexity index is 898. The van der Waals surface area contributed by atoms with E-state index in [1.165, 1.54) is 0 Å². The molecule has 2 atom stereocenters. The fraction of sp³-hybridized carbons (Fsp3) is 0.357. The van der Waals surface area contributed by atoms with Gasteiger partial charge < -0.3 is 4.57 Å². The molecule has 0 spiro atoms. The lowest BCUT2D eigenvalue weighted by Gasteiger charge is -2.13. The molecule has 0 saturated heterocycles. The molecule has 0 radical (unpaired) electrons. The van der Waals surface area contributed by atoms with Crippen molar-refractivity contribution in [3.63, 3.8) is 0 Å². The summed E-state index contributed by atoms with van der Waals surface area (Å²) in [6, 6.07) is 0.216. The Morgan fingerprint density at radius 1 is 1.22 bits per heavy atom. The highest BCUT2D eigenvalue weighted by Crippen LogP contribution is 2.33. The molecule has 0 aliphatic heterocycles. The molecule has 0 saturated carbocycles. The fourth-order valence-corrected chi connectivity index (χ4v) is 3.19. The maximum atomic E-state index is 6.07. The molecular formula is C14H13Cl2N7. The third kappa shape index (κ3) is 2.49. The number of hydrogen-bond acceptors (Lipinski definition) is 5. The summed E-state index contributed by atoms with van der Waals surface area (Å²) in [5.74, 6) is 0. The highest BCUT2D eigenvalue weighted by atomic mass is 35.5. The molecule has 1 aliphatic rings. The van der Waals surface area contributed by atoms with Crippen molar-refractivity contribution in [2.24, 2.45) is 0 Å². The monoisotopic (exact) mass is 349 g/mol. The van der Waals surface area contributed by atoms with Crippen molar-refractivity contribution in [3.8, 4) is 0 Å². The van der Waals surface area contributed by atoms with Gasteiger partial charge in [-0.15, -0.1) is 0 Å². The second kappa shape index (κ2) is 5.58. The molecule has 118 valence electrons. The quantitative estimate of drug-likeness (QED) is 0.412. The standard InChI is InChI=1S/C14H13Cl2N7/c1-2-8-6-18-23(21-8)10-4-3-9(5-10)22-7-17-11-12(15)19-14(16)20-13(11)22/h3-4,6-7,9-10H,2,5H2,1H3/t9-,10+/m0/s1. The van der Waals surface area contributed by atoms with Crippen LogP contribution in [0.1, 0.15) is 31.1 Å². The number of allylic oxidation sites excluding steroid dienone is 2. The summed E-state index contributed by atoms with van der Waals surface area (Å²) in [4.78, 5) is 14.2. The van der Waals surface area contributed by atoms with Crippen LogP contribution >= 0.6 is 23.2 Å². The first-order valence-electron chi connectivity index (χ1n) is 7.30. The number of nitrogens with zero attached hydrogens (tertiary/aromatic N) is 7. The molecule has 23 heavy (non-hydrogen) atoms. The zero-order valence-electron chi connectivity index (χ0n) is 12.3. The SMILES string of the molecule is CCc1cnn([C@@H]2C=C[C@H](n3cnc4c(Cl)nc(Cl)nc43)C2)n1.